The molecule has 1 amide bonds. The van der Waals surface area contributed by atoms with Gasteiger partial charge in [0.1, 0.15) is 59.5 Å². The van der Waals surface area contributed by atoms with Crippen LogP contribution in [0.1, 0.15) is 101 Å². The molecule has 0 aliphatic carbocycles. The quantitative estimate of drug-likeness (QED) is 0.0153. The molecule has 0 saturated heterocycles. The fourth-order valence-corrected chi connectivity index (χ4v) is 6.66. The van der Waals surface area contributed by atoms with Gasteiger partial charge in [0, 0.05) is 101 Å². The zero-order valence-electron chi connectivity index (χ0n) is 60.4. The van der Waals surface area contributed by atoms with Crippen LogP contribution in [-0.4, -0.2) is 284 Å². The van der Waals surface area contributed by atoms with Gasteiger partial charge in [-0.25, -0.2) is 19.2 Å². The number of nitrogens with two attached hydrogens (primary N) is 5. The molecule has 40 heteroatoms. The number of carbonyl (C=O) groups is 15. The molecular formula is C60H121N11O29+10. The van der Waals surface area contributed by atoms with Crippen molar-refractivity contribution < 1.29 is 193 Å². The standard InChI is InChI=1S/C12H23N3O5.4C12H22N2O6/c1-9(16)19-8-11(20-10(2)17)6-15-12(18)7-14-5-3-4-13;4*1-9(15)18-7-11(20-10(2)16)8-19-12(17)6-14-5-3-4-13/h11,14H,3-8,13H2,1-2H3,(H,15,18);4*11,14H,3-8,13H2,1-2H3/p+10. The average Bonchev–Trinajstić information content (AvgIpc) is 1.34. The Kier molecular flexibility index (Phi) is 70.7. The van der Waals surface area contributed by atoms with Gasteiger partial charge in [0.25, 0.3) is 5.91 Å². The van der Waals surface area contributed by atoms with Gasteiger partial charge in [-0.15, -0.1) is 0 Å². The van der Waals surface area contributed by atoms with Crippen molar-refractivity contribution in [2.24, 2.45) is 0 Å². The van der Waals surface area contributed by atoms with Gasteiger partial charge in [-0.3, -0.25) is 52.7 Å². The highest BCUT2D eigenvalue weighted by molar-refractivity contribution is 5.77. The van der Waals surface area contributed by atoms with Crippen LogP contribution >= 0.6 is 0 Å². The molecule has 0 aliphatic heterocycles. The summed E-state index contributed by atoms with van der Waals surface area (Å²) in [5.74, 6) is -6.82. The maximum atomic E-state index is 11.5. The summed E-state index contributed by atoms with van der Waals surface area (Å²) in [6.07, 6.45) is 0.883. The first-order valence-electron chi connectivity index (χ1n) is 32.7. The number of esters is 14. The van der Waals surface area contributed by atoms with Gasteiger partial charge in [-0.2, -0.15) is 0 Å². The van der Waals surface area contributed by atoms with E-state index < -0.39 is 114 Å². The average molecular weight is 1460 g/mol. The molecule has 0 aliphatic rings. The molecule has 26 N–H and O–H groups in total. The number of carbonyl (C=O) groups excluding carboxylic acids is 15. The normalized spacial score (nSPS) is 11.6. The second-order valence-corrected chi connectivity index (χ2v) is 21.1. The van der Waals surface area contributed by atoms with Gasteiger partial charge in [-0.05, 0) is 0 Å². The first-order chi connectivity index (χ1) is 47.3. The summed E-state index contributed by atoms with van der Waals surface area (Å²) in [7, 11) is 0. The van der Waals surface area contributed by atoms with Crippen LogP contribution in [0.2, 0.25) is 0 Å². The Morgan fingerprint density at radius 2 is 0.440 bits per heavy atom. The third-order valence-electron chi connectivity index (χ3n) is 11.1. The van der Waals surface area contributed by atoms with Crippen molar-refractivity contribution in [1.82, 2.24) is 5.32 Å². The van der Waals surface area contributed by atoms with Crippen molar-refractivity contribution in [2.75, 3.05) is 164 Å². The lowest BCUT2D eigenvalue weighted by Gasteiger charge is -2.17. The van der Waals surface area contributed by atoms with Crippen LogP contribution in [0.3, 0.4) is 0 Å². The second-order valence-electron chi connectivity index (χ2n) is 21.1. The van der Waals surface area contributed by atoms with E-state index in [2.05, 4.69) is 34.0 Å². The van der Waals surface area contributed by atoms with Crippen molar-refractivity contribution in [1.29, 1.82) is 0 Å². The molecule has 580 valence electrons. The van der Waals surface area contributed by atoms with E-state index in [1.807, 2.05) is 26.6 Å². The number of hydrogen-bond acceptors (Lipinski definition) is 29. The molecule has 5 atom stereocenters. The predicted molar refractivity (Wildman–Crippen MR) is 338 cm³/mol. The number of amides is 1. The summed E-state index contributed by atoms with van der Waals surface area (Å²) >= 11 is 0. The molecule has 40 nitrogen and oxygen atoms in total. The second kappa shape index (κ2) is 70.5. The Balaban J connectivity index is -0.000000376. The first-order valence-corrected chi connectivity index (χ1v) is 32.7. The van der Waals surface area contributed by atoms with Gasteiger partial charge in [-0.1, -0.05) is 0 Å². The highest BCUT2D eigenvalue weighted by Crippen LogP contribution is 2.01. The van der Waals surface area contributed by atoms with Gasteiger partial charge in [0.15, 0.2) is 63.2 Å². The SMILES string of the molecule is CC(=O)OCC(CNC(=O)C[NH2+]CCC[NH3+])OC(C)=O.CC(=O)OCC(COC(=O)C[NH2+]CCC[NH3+])OC(C)=O.CC(=O)OCC(COC(=O)C[NH2+]CCC[NH3+])OC(C)=O.CC(=O)OCC(COC(=O)C[NH2+]CCC[NH3+])OC(C)=O.CC(=O)OCC(COC(=O)C[NH2+]CCC[NH3+])OC(C)=O. The summed E-state index contributed by atoms with van der Waals surface area (Å²) in [5, 5.41) is 11.8. The monoisotopic (exact) mass is 1460 g/mol. The van der Waals surface area contributed by atoms with Crippen LogP contribution in [0.4, 0.5) is 0 Å². The van der Waals surface area contributed by atoms with E-state index in [0.717, 1.165) is 97.6 Å². The van der Waals surface area contributed by atoms with E-state index in [4.69, 9.17) is 66.3 Å². The van der Waals surface area contributed by atoms with E-state index in [1.165, 1.54) is 69.2 Å². The summed E-state index contributed by atoms with van der Waals surface area (Å²) in [6, 6.07) is 0. The molecule has 0 heterocycles. The maximum Gasteiger partial charge on any atom is 0.361 e. The molecule has 0 aromatic carbocycles. The molecule has 0 fully saturated rings. The van der Waals surface area contributed by atoms with Crippen LogP contribution in [-0.2, 0) is 138 Å². The van der Waals surface area contributed by atoms with Gasteiger partial charge >= 0.3 is 83.6 Å². The first kappa shape index (κ1) is 100. The van der Waals surface area contributed by atoms with Crippen molar-refractivity contribution in [3.8, 4) is 0 Å². The highest BCUT2D eigenvalue weighted by Gasteiger charge is 2.22. The molecule has 0 aromatic heterocycles. The molecule has 0 bridgehead atoms. The molecule has 0 spiro atoms. The molecule has 0 aromatic rings. The van der Waals surface area contributed by atoms with E-state index >= 15 is 0 Å². The third-order valence-corrected chi connectivity index (χ3v) is 11.1. The van der Waals surface area contributed by atoms with Crippen LogP contribution in [0.5, 0.6) is 0 Å². The number of quaternary nitrogens is 10. The zero-order chi connectivity index (χ0) is 76.9. The Hall–Kier alpha value is -8.35. The van der Waals surface area contributed by atoms with Gasteiger partial charge < -0.3 is 127 Å². The Morgan fingerprint density at radius 3 is 0.630 bits per heavy atom. The Labute approximate surface area is 582 Å². The van der Waals surface area contributed by atoms with E-state index in [9.17, 15) is 71.9 Å². The van der Waals surface area contributed by atoms with E-state index in [1.54, 1.807) is 0 Å². The lowest BCUT2D eigenvalue weighted by molar-refractivity contribution is -0.648. The minimum atomic E-state index is -0.778. The fourth-order valence-electron chi connectivity index (χ4n) is 6.66. The summed E-state index contributed by atoms with van der Waals surface area (Å²) in [6.45, 7) is 20.7. The number of nitrogens with one attached hydrogen (secondary N) is 1. The van der Waals surface area contributed by atoms with Crippen molar-refractivity contribution in [2.45, 2.75) is 132 Å². The van der Waals surface area contributed by atoms with E-state index in [-0.39, 0.29) is 98.1 Å². The molecule has 0 saturated carbocycles. The molecule has 5 unspecified atom stereocenters. The van der Waals surface area contributed by atoms with Crippen molar-refractivity contribution >= 4 is 89.5 Å². The minimum Gasteiger partial charge on any atom is -0.462 e. The lowest BCUT2D eigenvalue weighted by Crippen LogP contribution is -2.87. The summed E-state index contributed by atoms with van der Waals surface area (Å²) in [5.41, 5.74) is 18.5. The topological polar surface area (TPSA) is 619 Å². The van der Waals surface area contributed by atoms with Gasteiger partial charge in [0.05, 0.1) is 72.0 Å². The largest absolute Gasteiger partial charge is 0.462 e. The van der Waals surface area contributed by atoms with Crippen LogP contribution < -0.4 is 60.6 Å². The van der Waals surface area contributed by atoms with E-state index in [0.29, 0.717) is 6.54 Å². The lowest BCUT2D eigenvalue weighted by atomic mass is 10.3. The third kappa shape index (κ3) is 83.9. The Bertz CT molecular complexity index is 1970. The van der Waals surface area contributed by atoms with Crippen LogP contribution in [0.25, 0.3) is 0 Å². The summed E-state index contributed by atoms with van der Waals surface area (Å²) < 4.78 is 68.0. The molecule has 0 rings (SSSR count). The van der Waals surface area contributed by atoms with Crippen molar-refractivity contribution in [3.63, 3.8) is 0 Å². The predicted octanol–water partition coefficient (Wildman–Crippen LogP) is -14.3. The number of hydrogen-bond donors (Lipinski definition) is 11. The highest BCUT2D eigenvalue weighted by atomic mass is 16.6. The number of rotatable bonds is 50. The van der Waals surface area contributed by atoms with Crippen LogP contribution in [0, 0.1) is 0 Å². The fraction of sp³-hybridized carbons (Fsp3) is 0.750. The molecule has 0 radical (unpaired) electrons. The number of ether oxygens (including phenoxy) is 14. The van der Waals surface area contributed by atoms with Crippen molar-refractivity contribution in [3.05, 3.63) is 0 Å². The minimum absolute atomic E-state index is 0.0690. The summed E-state index contributed by atoms with van der Waals surface area (Å²) in [4.78, 5) is 165. The molecular weight excluding hydrogens is 1340 g/mol. The smallest absolute Gasteiger partial charge is 0.361 e. The maximum absolute atomic E-state index is 11.5. The Morgan fingerprint density at radius 1 is 0.260 bits per heavy atom. The van der Waals surface area contributed by atoms with Crippen LogP contribution in [0.15, 0.2) is 0 Å². The molecule has 100 heavy (non-hydrogen) atoms. The van der Waals surface area contributed by atoms with Gasteiger partial charge in [0.2, 0.25) is 0 Å². The zero-order valence-corrected chi connectivity index (χ0v) is 60.4.